The second-order valence-corrected chi connectivity index (χ2v) is 3.69. The maximum Gasteiger partial charge on any atom is 0.358 e. The number of hydrogen-bond donors (Lipinski definition) is 0. The standard InChI is InChI=1S/C9H9Cl2NO2/c1-5(2)14-9(13)8-7(11)6(10)3-4-12-8/h3-5H,1-2H3. The second-order valence-electron chi connectivity index (χ2n) is 2.91. The van der Waals surface area contributed by atoms with Crippen molar-refractivity contribution in [2.75, 3.05) is 0 Å². The normalized spacial score (nSPS) is 10.4. The number of rotatable bonds is 2. The fraction of sp³-hybridized carbons (Fsp3) is 0.333. The number of pyridine rings is 1. The summed E-state index contributed by atoms with van der Waals surface area (Å²) >= 11 is 11.5. The molecule has 76 valence electrons. The minimum Gasteiger partial charge on any atom is -0.458 e. The molecule has 0 aliphatic rings. The third-order valence-electron chi connectivity index (χ3n) is 1.38. The Morgan fingerprint density at radius 2 is 2.14 bits per heavy atom. The zero-order valence-corrected chi connectivity index (χ0v) is 9.26. The predicted molar refractivity (Wildman–Crippen MR) is 54.8 cm³/mol. The summed E-state index contributed by atoms with van der Waals surface area (Å²) in [5.74, 6) is -0.562. The molecule has 1 aromatic rings. The van der Waals surface area contributed by atoms with E-state index in [1.54, 1.807) is 13.8 Å². The Kier molecular flexibility index (Phi) is 3.72. The van der Waals surface area contributed by atoms with Crippen LogP contribution in [-0.2, 0) is 4.74 Å². The number of hydrogen-bond acceptors (Lipinski definition) is 3. The minimum absolute atomic E-state index is 0.0490. The highest BCUT2D eigenvalue weighted by molar-refractivity contribution is 6.43. The number of aromatic nitrogens is 1. The monoisotopic (exact) mass is 233 g/mol. The Morgan fingerprint density at radius 3 is 2.71 bits per heavy atom. The first kappa shape index (κ1) is 11.3. The van der Waals surface area contributed by atoms with Crippen LogP contribution in [0.2, 0.25) is 10.0 Å². The lowest BCUT2D eigenvalue weighted by Gasteiger charge is -2.08. The van der Waals surface area contributed by atoms with Gasteiger partial charge in [-0.15, -0.1) is 0 Å². The molecule has 5 heteroatoms. The van der Waals surface area contributed by atoms with Gasteiger partial charge in [-0.2, -0.15) is 0 Å². The van der Waals surface area contributed by atoms with E-state index < -0.39 is 5.97 Å². The Morgan fingerprint density at radius 1 is 1.50 bits per heavy atom. The smallest absolute Gasteiger partial charge is 0.358 e. The summed E-state index contributed by atoms with van der Waals surface area (Å²) in [5, 5.41) is 0.414. The average Bonchev–Trinajstić information content (AvgIpc) is 2.08. The third kappa shape index (κ3) is 2.59. The van der Waals surface area contributed by atoms with Crippen molar-refractivity contribution in [3.8, 4) is 0 Å². The maximum atomic E-state index is 11.4. The molecule has 14 heavy (non-hydrogen) atoms. The van der Waals surface area contributed by atoms with Gasteiger partial charge in [0.15, 0.2) is 5.69 Å². The molecule has 0 amide bonds. The molecule has 0 radical (unpaired) electrons. The number of halogens is 2. The number of esters is 1. The summed E-state index contributed by atoms with van der Waals surface area (Å²) in [4.78, 5) is 15.2. The van der Waals surface area contributed by atoms with Crippen LogP contribution >= 0.6 is 23.2 Å². The molecule has 0 saturated heterocycles. The molecule has 1 aromatic heterocycles. The van der Waals surface area contributed by atoms with E-state index in [4.69, 9.17) is 27.9 Å². The quantitative estimate of drug-likeness (QED) is 0.738. The van der Waals surface area contributed by atoms with E-state index in [1.165, 1.54) is 12.3 Å². The van der Waals surface area contributed by atoms with Crippen molar-refractivity contribution in [3.05, 3.63) is 28.0 Å². The van der Waals surface area contributed by atoms with Gasteiger partial charge in [0, 0.05) is 6.20 Å². The van der Waals surface area contributed by atoms with Crippen LogP contribution in [0.25, 0.3) is 0 Å². The summed E-state index contributed by atoms with van der Waals surface area (Å²) in [5.41, 5.74) is 0.0490. The van der Waals surface area contributed by atoms with Crippen molar-refractivity contribution in [2.24, 2.45) is 0 Å². The Hall–Kier alpha value is -0.800. The van der Waals surface area contributed by atoms with Gasteiger partial charge in [0.2, 0.25) is 0 Å². The van der Waals surface area contributed by atoms with Crippen molar-refractivity contribution in [2.45, 2.75) is 20.0 Å². The predicted octanol–water partition coefficient (Wildman–Crippen LogP) is 2.95. The lowest BCUT2D eigenvalue weighted by Crippen LogP contribution is -2.13. The fourth-order valence-corrected chi connectivity index (χ4v) is 1.17. The van der Waals surface area contributed by atoms with E-state index >= 15 is 0 Å². The molecule has 0 N–H and O–H groups in total. The van der Waals surface area contributed by atoms with E-state index in [0.29, 0.717) is 0 Å². The topological polar surface area (TPSA) is 39.2 Å². The van der Waals surface area contributed by atoms with Crippen LogP contribution in [-0.4, -0.2) is 17.1 Å². The zero-order chi connectivity index (χ0) is 10.7. The molecule has 3 nitrogen and oxygen atoms in total. The first-order valence-electron chi connectivity index (χ1n) is 4.03. The van der Waals surface area contributed by atoms with Crippen LogP contribution in [0.4, 0.5) is 0 Å². The molecular formula is C9H9Cl2NO2. The third-order valence-corrected chi connectivity index (χ3v) is 2.17. The van der Waals surface area contributed by atoms with Gasteiger partial charge in [0.25, 0.3) is 0 Å². The molecule has 0 aliphatic carbocycles. The SMILES string of the molecule is CC(C)OC(=O)c1nccc(Cl)c1Cl. The van der Waals surface area contributed by atoms with Gasteiger partial charge in [0.05, 0.1) is 16.1 Å². The fourth-order valence-electron chi connectivity index (χ4n) is 0.832. The summed E-state index contributed by atoms with van der Waals surface area (Å²) in [6.07, 6.45) is 1.20. The summed E-state index contributed by atoms with van der Waals surface area (Å²) in [7, 11) is 0. The Bertz CT molecular complexity index is 353. The Labute approximate surface area is 92.0 Å². The Balaban J connectivity index is 2.96. The van der Waals surface area contributed by atoms with Gasteiger partial charge in [-0.1, -0.05) is 23.2 Å². The molecule has 0 spiro atoms. The molecule has 1 rings (SSSR count). The number of carbonyl (C=O) groups excluding carboxylic acids is 1. The molecule has 0 atom stereocenters. The van der Waals surface area contributed by atoms with Gasteiger partial charge >= 0.3 is 5.97 Å². The van der Waals surface area contributed by atoms with Gasteiger partial charge in [-0.25, -0.2) is 9.78 Å². The molecule has 0 aliphatic heterocycles. The van der Waals surface area contributed by atoms with Crippen molar-refractivity contribution >= 4 is 29.2 Å². The van der Waals surface area contributed by atoms with Gasteiger partial charge in [-0.3, -0.25) is 0 Å². The molecular weight excluding hydrogens is 225 g/mol. The highest BCUT2D eigenvalue weighted by Crippen LogP contribution is 2.24. The summed E-state index contributed by atoms with van der Waals surface area (Å²) < 4.78 is 4.93. The van der Waals surface area contributed by atoms with E-state index in [9.17, 15) is 4.79 Å². The molecule has 0 saturated carbocycles. The van der Waals surface area contributed by atoms with Crippen LogP contribution in [0.5, 0.6) is 0 Å². The number of ether oxygens (including phenoxy) is 1. The zero-order valence-electron chi connectivity index (χ0n) is 7.75. The van der Waals surface area contributed by atoms with Crippen LogP contribution in [0, 0.1) is 0 Å². The van der Waals surface area contributed by atoms with Crippen LogP contribution < -0.4 is 0 Å². The summed E-state index contributed by atoms with van der Waals surface area (Å²) in [6.45, 7) is 3.49. The second kappa shape index (κ2) is 4.62. The summed E-state index contributed by atoms with van der Waals surface area (Å²) in [6, 6.07) is 1.51. The van der Waals surface area contributed by atoms with E-state index in [0.717, 1.165) is 0 Å². The molecule has 0 aromatic carbocycles. The highest BCUT2D eigenvalue weighted by Gasteiger charge is 2.16. The average molecular weight is 234 g/mol. The minimum atomic E-state index is -0.562. The van der Waals surface area contributed by atoms with Gasteiger partial charge in [-0.05, 0) is 19.9 Å². The molecule has 0 fully saturated rings. The van der Waals surface area contributed by atoms with Crippen LogP contribution in [0.15, 0.2) is 12.3 Å². The maximum absolute atomic E-state index is 11.4. The lowest BCUT2D eigenvalue weighted by atomic mass is 10.3. The van der Waals surface area contributed by atoms with Crippen LogP contribution in [0.3, 0.4) is 0 Å². The number of nitrogens with zero attached hydrogens (tertiary/aromatic N) is 1. The largest absolute Gasteiger partial charge is 0.458 e. The first-order chi connectivity index (χ1) is 6.52. The van der Waals surface area contributed by atoms with E-state index in [1.807, 2.05) is 0 Å². The highest BCUT2D eigenvalue weighted by atomic mass is 35.5. The van der Waals surface area contributed by atoms with E-state index in [-0.39, 0.29) is 21.8 Å². The van der Waals surface area contributed by atoms with E-state index in [2.05, 4.69) is 4.98 Å². The van der Waals surface area contributed by atoms with Crippen molar-refractivity contribution in [3.63, 3.8) is 0 Å². The first-order valence-corrected chi connectivity index (χ1v) is 4.79. The molecule has 1 heterocycles. The molecule has 0 unspecified atom stereocenters. The van der Waals surface area contributed by atoms with Gasteiger partial charge in [0.1, 0.15) is 0 Å². The van der Waals surface area contributed by atoms with Crippen LogP contribution in [0.1, 0.15) is 24.3 Å². The van der Waals surface area contributed by atoms with Crippen molar-refractivity contribution in [1.82, 2.24) is 4.98 Å². The van der Waals surface area contributed by atoms with Crippen molar-refractivity contribution < 1.29 is 9.53 Å². The lowest BCUT2D eigenvalue weighted by molar-refractivity contribution is 0.0371. The van der Waals surface area contributed by atoms with Gasteiger partial charge < -0.3 is 4.74 Å². The molecule has 0 bridgehead atoms. The van der Waals surface area contributed by atoms with Crippen molar-refractivity contribution in [1.29, 1.82) is 0 Å². The number of carbonyl (C=O) groups is 1.